The first-order valence-corrected chi connectivity index (χ1v) is 10.4. The quantitative estimate of drug-likeness (QED) is 0.566. The molecule has 1 aromatic heterocycles. The van der Waals surface area contributed by atoms with Gasteiger partial charge >= 0.3 is 0 Å². The molecule has 0 bridgehead atoms. The Kier molecular flexibility index (Phi) is 5.63. The molecule has 2 aromatic carbocycles. The van der Waals surface area contributed by atoms with Gasteiger partial charge in [0.05, 0.1) is 5.52 Å². The lowest BCUT2D eigenvalue weighted by molar-refractivity contribution is -0.132. The Balaban J connectivity index is 1.45. The Morgan fingerprint density at radius 3 is 2.61 bits per heavy atom. The number of hydrogen-bond donors (Lipinski definition) is 0. The van der Waals surface area contributed by atoms with E-state index in [1.54, 1.807) is 0 Å². The van der Waals surface area contributed by atoms with Gasteiger partial charge in [-0.3, -0.25) is 9.78 Å². The van der Waals surface area contributed by atoms with Crippen molar-refractivity contribution in [2.75, 3.05) is 13.1 Å². The van der Waals surface area contributed by atoms with Crippen molar-refractivity contribution in [3.63, 3.8) is 0 Å². The van der Waals surface area contributed by atoms with Crippen LogP contribution >= 0.6 is 11.6 Å². The Hall–Kier alpha value is -2.39. The predicted octanol–water partition coefficient (Wildman–Crippen LogP) is 5.75. The largest absolute Gasteiger partial charge is 0.343 e. The summed E-state index contributed by atoms with van der Waals surface area (Å²) in [5, 5.41) is 1.81. The first kappa shape index (κ1) is 18.9. The highest BCUT2D eigenvalue weighted by Crippen LogP contribution is 2.32. The SMILES string of the molecule is CCC(=O)N1CCC(Cc2ccc(-c3cc4ncccc4cc3Cl)cc2)CC1. The van der Waals surface area contributed by atoms with Crippen molar-refractivity contribution >= 4 is 28.4 Å². The molecule has 0 unspecified atom stereocenters. The molecule has 3 aromatic rings. The van der Waals surface area contributed by atoms with Gasteiger partial charge in [0.15, 0.2) is 0 Å². The Labute approximate surface area is 171 Å². The van der Waals surface area contributed by atoms with Gasteiger partial charge in [-0.25, -0.2) is 0 Å². The van der Waals surface area contributed by atoms with Crippen molar-refractivity contribution in [1.29, 1.82) is 0 Å². The van der Waals surface area contributed by atoms with E-state index in [0.717, 1.165) is 59.4 Å². The summed E-state index contributed by atoms with van der Waals surface area (Å²) >= 11 is 6.52. The van der Waals surface area contributed by atoms with E-state index in [1.807, 2.05) is 36.2 Å². The lowest BCUT2D eigenvalue weighted by Crippen LogP contribution is -2.38. The highest BCUT2D eigenvalue weighted by molar-refractivity contribution is 6.34. The first-order chi connectivity index (χ1) is 13.6. The Morgan fingerprint density at radius 1 is 1.14 bits per heavy atom. The van der Waals surface area contributed by atoms with Crippen LogP contribution < -0.4 is 0 Å². The summed E-state index contributed by atoms with van der Waals surface area (Å²) < 4.78 is 0. The minimum Gasteiger partial charge on any atom is -0.343 e. The van der Waals surface area contributed by atoms with Crippen LogP contribution in [0.15, 0.2) is 54.7 Å². The third-order valence-corrected chi connectivity index (χ3v) is 6.06. The van der Waals surface area contributed by atoms with E-state index < -0.39 is 0 Å². The average molecular weight is 393 g/mol. The zero-order valence-corrected chi connectivity index (χ0v) is 17.0. The van der Waals surface area contributed by atoms with Gasteiger partial charge in [-0.15, -0.1) is 0 Å². The molecule has 1 aliphatic rings. The van der Waals surface area contributed by atoms with Crippen LogP contribution in [0.3, 0.4) is 0 Å². The summed E-state index contributed by atoms with van der Waals surface area (Å²) in [7, 11) is 0. The number of piperidine rings is 1. The highest BCUT2D eigenvalue weighted by atomic mass is 35.5. The number of carbonyl (C=O) groups is 1. The normalized spacial score (nSPS) is 15.1. The van der Waals surface area contributed by atoms with E-state index in [4.69, 9.17) is 11.6 Å². The molecule has 0 radical (unpaired) electrons. The van der Waals surface area contributed by atoms with Crippen molar-refractivity contribution in [2.24, 2.45) is 5.92 Å². The number of fused-ring (bicyclic) bond motifs is 1. The molecule has 2 heterocycles. The number of benzene rings is 2. The molecule has 1 aliphatic heterocycles. The molecule has 144 valence electrons. The number of carbonyl (C=O) groups excluding carboxylic acids is 1. The number of pyridine rings is 1. The lowest BCUT2D eigenvalue weighted by Gasteiger charge is -2.32. The van der Waals surface area contributed by atoms with Crippen LogP contribution in [-0.4, -0.2) is 28.9 Å². The first-order valence-electron chi connectivity index (χ1n) is 10.1. The third kappa shape index (κ3) is 4.05. The molecule has 4 rings (SSSR count). The maximum absolute atomic E-state index is 11.8. The zero-order chi connectivity index (χ0) is 19.5. The molecule has 0 atom stereocenters. The van der Waals surface area contributed by atoms with E-state index in [1.165, 1.54) is 5.56 Å². The number of amides is 1. The second-order valence-corrected chi connectivity index (χ2v) is 8.01. The van der Waals surface area contributed by atoms with Crippen LogP contribution in [0, 0.1) is 5.92 Å². The van der Waals surface area contributed by atoms with Crippen molar-refractivity contribution in [3.05, 3.63) is 65.3 Å². The highest BCUT2D eigenvalue weighted by Gasteiger charge is 2.21. The molecule has 4 heteroatoms. The molecular weight excluding hydrogens is 368 g/mol. The number of rotatable bonds is 4. The van der Waals surface area contributed by atoms with Crippen molar-refractivity contribution in [2.45, 2.75) is 32.6 Å². The van der Waals surface area contributed by atoms with E-state index in [-0.39, 0.29) is 5.91 Å². The molecular formula is C24H25ClN2O. The smallest absolute Gasteiger partial charge is 0.222 e. The van der Waals surface area contributed by atoms with E-state index in [9.17, 15) is 4.79 Å². The van der Waals surface area contributed by atoms with Crippen molar-refractivity contribution in [1.82, 2.24) is 9.88 Å². The van der Waals surface area contributed by atoms with Gasteiger partial charge in [-0.2, -0.15) is 0 Å². The summed E-state index contributed by atoms with van der Waals surface area (Å²) in [5.41, 5.74) is 4.44. The minimum absolute atomic E-state index is 0.282. The summed E-state index contributed by atoms with van der Waals surface area (Å²) in [5.74, 6) is 0.935. The maximum Gasteiger partial charge on any atom is 0.222 e. The summed E-state index contributed by atoms with van der Waals surface area (Å²) in [6, 6.07) is 16.7. The minimum atomic E-state index is 0.282. The topological polar surface area (TPSA) is 33.2 Å². The molecule has 0 saturated carbocycles. The molecule has 0 aliphatic carbocycles. The Morgan fingerprint density at radius 2 is 1.89 bits per heavy atom. The van der Waals surface area contributed by atoms with Crippen LogP contribution in [0.25, 0.3) is 22.0 Å². The summed E-state index contributed by atoms with van der Waals surface area (Å²) in [4.78, 5) is 18.3. The number of nitrogens with zero attached hydrogens (tertiary/aromatic N) is 2. The van der Waals surface area contributed by atoms with Crippen LogP contribution in [0.5, 0.6) is 0 Å². The van der Waals surface area contributed by atoms with Gasteiger partial charge in [0.1, 0.15) is 0 Å². The molecule has 1 fully saturated rings. The fraction of sp³-hybridized carbons (Fsp3) is 0.333. The van der Waals surface area contributed by atoms with E-state index in [2.05, 4.69) is 35.3 Å². The second kappa shape index (κ2) is 8.32. The lowest BCUT2D eigenvalue weighted by atomic mass is 9.89. The van der Waals surface area contributed by atoms with Crippen molar-refractivity contribution in [3.8, 4) is 11.1 Å². The molecule has 0 N–H and O–H groups in total. The maximum atomic E-state index is 11.8. The van der Waals surface area contributed by atoms with Gasteiger partial charge in [0.2, 0.25) is 5.91 Å². The molecule has 1 amide bonds. The second-order valence-electron chi connectivity index (χ2n) is 7.61. The molecule has 0 spiro atoms. The van der Waals surface area contributed by atoms with E-state index in [0.29, 0.717) is 12.3 Å². The molecule has 3 nitrogen and oxygen atoms in total. The third-order valence-electron chi connectivity index (χ3n) is 5.75. The van der Waals surface area contributed by atoms with Gasteiger partial charge in [-0.1, -0.05) is 48.9 Å². The number of halogens is 1. The standard InChI is InChI=1S/C24H25ClN2O/c1-2-24(28)27-12-9-18(10-13-27)14-17-5-7-19(8-6-17)21-16-23-20(15-22(21)25)4-3-11-26-23/h3-8,11,15-16,18H,2,9-10,12-14H2,1H3. The summed E-state index contributed by atoms with van der Waals surface area (Å²) in [6.07, 6.45) is 5.67. The van der Waals surface area contributed by atoms with Crippen LogP contribution in [0.4, 0.5) is 0 Å². The van der Waals surface area contributed by atoms with Gasteiger partial charge in [0, 0.05) is 41.7 Å². The fourth-order valence-corrected chi connectivity index (χ4v) is 4.36. The number of aromatic nitrogens is 1. The van der Waals surface area contributed by atoms with Gasteiger partial charge in [0.25, 0.3) is 0 Å². The molecule has 1 saturated heterocycles. The Bertz CT molecular complexity index is 976. The van der Waals surface area contributed by atoms with Crippen LogP contribution in [0.2, 0.25) is 5.02 Å². The zero-order valence-electron chi connectivity index (χ0n) is 16.2. The number of hydrogen-bond acceptors (Lipinski definition) is 2. The van der Waals surface area contributed by atoms with Crippen LogP contribution in [0.1, 0.15) is 31.7 Å². The predicted molar refractivity (Wildman–Crippen MR) is 115 cm³/mol. The molecule has 28 heavy (non-hydrogen) atoms. The summed E-state index contributed by atoms with van der Waals surface area (Å²) in [6.45, 7) is 3.73. The fourth-order valence-electron chi connectivity index (χ4n) is 4.08. The van der Waals surface area contributed by atoms with Crippen LogP contribution in [-0.2, 0) is 11.2 Å². The average Bonchev–Trinajstić information content (AvgIpc) is 2.74. The van der Waals surface area contributed by atoms with Crippen molar-refractivity contribution < 1.29 is 4.79 Å². The number of likely N-dealkylation sites (tertiary alicyclic amines) is 1. The van der Waals surface area contributed by atoms with Gasteiger partial charge < -0.3 is 4.90 Å². The van der Waals surface area contributed by atoms with E-state index >= 15 is 0 Å². The van der Waals surface area contributed by atoms with Gasteiger partial charge in [-0.05, 0) is 54.5 Å². The monoisotopic (exact) mass is 392 g/mol.